The van der Waals surface area contributed by atoms with Crippen LogP contribution in [-0.4, -0.2) is 17.2 Å². The smallest absolute Gasteiger partial charge is 0.343 e. The first-order valence-electron chi connectivity index (χ1n) is 11.6. The van der Waals surface area contributed by atoms with Crippen molar-refractivity contribution in [1.29, 1.82) is 0 Å². The molecular formula is C26H34O3. The summed E-state index contributed by atoms with van der Waals surface area (Å²) in [6.45, 7) is 4.85. The number of ether oxygens (including phenoxy) is 1. The van der Waals surface area contributed by atoms with Crippen LogP contribution in [0.3, 0.4) is 0 Å². The van der Waals surface area contributed by atoms with Gasteiger partial charge >= 0.3 is 5.97 Å². The minimum atomic E-state index is -0.224. The molecule has 29 heavy (non-hydrogen) atoms. The molecule has 1 aromatic rings. The van der Waals surface area contributed by atoms with E-state index in [0.29, 0.717) is 22.8 Å². The second-order valence-corrected chi connectivity index (χ2v) is 10.6. The number of benzene rings is 1. The summed E-state index contributed by atoms with van der Waals surface area (Å²) in [5.74, 6) is 3.43. The monoisotopic (exact) mass is 394 g/mol. The van der Waals surface area contributed by atoms with E-state index in [1.807, 2.05) is 30.3 Å². The summed E-state index contributed by atoms with van der Waals surface area (Å²) in [5, 5.41) is 10.2. The average Bonchev–Trinajstić information content (AvgIpc) is 3.05. The van der Waals surface area contributed by atoms with E-state index < -0.39 is 0 Å². The summed E-state index contributed by atoms with van der Waals surface area (Å²) in [5.41, 5.74) is 0.999. The van der Waals surface area contributed by atoms with E-state index in [9.17, 15) is 9.90 Å². The summed E-state index contributed by atoms with van der Waals surface area (Å²) in [7, 11) is 0. The van der Waals surface area contributed by atoms with Gasteiger partial charge in [-0.25, -0.2) is 4.79 Å². The number of aliphatic hydroxyl groups excluding tert-OH is 1. The number of aliphatic hydroxyl groups is 1. The van der Waals surface area contributed by atoms with Crippen LogP contribution in [0.25, 0.3) is 0 Å². The summed E-state index contributed by atoms with van der Waals surface area (Å²) >= 11 is 0. The van der Waals surface area contributed by atoms with Gasteiger partial charge in [0.15, 0.2) is 0 Å². The van der Waals surface area contributed by atoms with Crippen molar-refractivity contribution in [3.8, 4) is 0 Å². The second kappa shape index (κ2) is 6.97. The predicted octanol–water partition coefficient (Wildman–Crippen LogP) is 5.74. The van der Waals surface area contributed by atoms with Crippen LogP contribution in [0.4, 0.5) is 0 Å². The van der Waals surface area contributed by atoms with E-state index in [4.69, 9.17) is 4.74 Å². The minimum Gasteiger partial charge on any atom is -0.427 e. The van der Waals surface area contributed by atoms with Crippen molar-refractivity contribution in [3.63, 3.8) is 0 Å². The number of carbonyl (C=O) groups is 1. The average molecular weight is 395 g/mol. The normalized spacial score (nSPS) is 43.6. The van der Waals surface area contributed by atoms with Crippen LogP contribution in [0.2, 0.25) is 0 Å². The van der Waals surface area contributed by atoms with Gasteiger partial charge in [0, 0.05) is 5.41 Å². The van der Waals surface area contributed by atoms with Gasteiger partial charge in [0.1, 0.15) is 5.76 Å². The van der Waals surface area contributed by atoms with Crippen molar-refractivity contribution in [2.45, 2.75) is 71.3 Å². The first-order chi connectivity index (χ1) is 13.9. The number of fused-ring (bicyclic) bond motifs is 5. The van der Waals surface area contributed by atoms with Gasteiger partial charge in [-0.2, -0.15) is 0 Å². The van der Waals surface area contributed by atoms with Gasteiger partial charge in [0.2, 0.25) is 0 Å². The Labute approximate surface area is 174 Å². The van der Waals surface area contributed by atoms with Crippen LogP contribution in [-0.2, 0) is 4.74 Å². The summed E-state index contributed by atoms with van der Waals surface area (Å²) in [6, 6.07) is 9.35. The van der Waals surface area contributed by atoms with E-state index in [1.54, 1.807) is 0 Å². The van der Waals surface area contributed by atoms with Crippen LogP contribution >= 0.6 is 0 Å². The summed E-state index contributed by atoms with van der Waals surface area (Å²) in [4.78, 5) is 12.7. The van der Waals surface area contributed by atoms with Crippen molar-refractivity contribution in [2.75, 3.05) is 0 Å². The van der Waals surface area contributed by atoms with Gasteiger partial charge in [0.05, 0.1) is 11.7 Å². The molecule has 0 radical (unpaired) electrons. The molecule has 0 bridgehead atoms. The van der Waals surface area contributed by atoms with Gasteiger partial charge < -0.3 is 9.84 Å². The first-order valence-corrected chi connectivity index (χ1v) is 11.6. The molecule has 0 spiro atoms. The Bertz CT molecular complexity index is 815. The molecule has 1 aromatic carbocycles. The molecule has 5 rings (SSSR count). The van der Waals surface area contributed by atoms with Gasteiger partial charge in [-0.3, -0.25) is 0 Å². The maximum atomic E-state index is 12.7. The van der Waals surface area contributed by atoms with E-state index in [1.165, 1.54) is 25.7 Å². The van der Waals surface area contributed by atoms with E-state index in [2.05, 4.69) is 19.9 Å². The number of hydrogen-bond acceptors (Lipinski definition) is 3. The molecule has 2 unspecified atom stereocenters. The van der Waals surface area contributed by atoms with Crippen molar-refractivity contribution >= 4 is 5.97 Å². The van der Waals surface area contributed by atoms with Crippen LogP contribution in [0, 0.1) is 34.5 Å². The summed E-state index contributed by atoms with van der Waals surface area (Å²) < 4.78 is 5.98. The highest BCUT2D eigenvalue weighted by molar-refractivity contribution is 5.90. The number of carbonyl (C=O) groups excluding carboxylic acids is 1. The highest BCUT2D eigenvalue weighted by Crippen LogP contribution is 2.66. The molecule has 4 aliphatic carbocycles. The van der Waals surface area contributed by atoms with E-state index in [0.717, 1.165) is 43.3 Å². The molecule has 3 nitrogen and oxygen atoms in total. The quantitative estimate of drug-likeness (QED) is 0.651. The van der Waals surface area contributed by atoms with Crippen molar-refractivity contribution < 1.29 is 14.6 Å². The van der Waals surface area contributed by atoms with Crippen molar-refractivity contribution in [1.82, 2.24) is 0 Å². The van der Waals surface area contributed by atoms with Crippen LogP contribution in [0.15, 0.2) is 42.2 Å². The number of allylic oxidation sites excluding steroid dienone is 2. The van der Waals surface area contributed by atoms with Gasteiger partial charge in [-0.15, -0.1) is 0 Å². The lowest BCUT2D eigenvalue weighted by Gasteiger charge is -2.60. The second-order valence-electron chi connectivity index (χ2n) is 10.6. The fraction of sp³-hybridized carbons (Fsp3) is 0.654. The lowest BCUT2D eigenvalue weighted by Crippen LogP contribution is -2.53. The molecule has 0 aliphatic heterocycles. The van der Waals surface area contributed by atoms with Crippen LogP contribution in [0.5, 0.6) is 0 Å². The van der Waals surface area contributed by atoms with Gasteiger partial charge in [-0.05, 0) is 98.7 Å². The molecule has 156 valence electrons. The molecule has 0 heterocycles. The molecule has 1 N–H and O–H groups in total. The first kappa shape index (κ1) is 19.4. The molecule has 3 heteroatoms. The largest absolute Gasteiger partial charge is 0.427 e. The SMILES string of the molecule is C[C@]12CCC(O)CC1CC[C@@H]1[C@@H]2CC[C@]2(C)C(OC(=O)c3ccccc3)=CC[C@@H]12. The molecule has 0 aromatic heterocycles. The zero-order valence-electron chi connectivity index (χ0n) is 17.8. The Morgan fingerprint density at radius 1 is 1.03 bits per heavy atom. The zero-order valence-corrected chi connectivity index (χ0v) is 17.8. The number of rotatable bonds is 2. The van der Waals surface area contributed by atoms with Crippen LogP contribution in [0.1, 0.15) is 75.6 Å². The van der Waals surface area contributed by atoms with Gasteiger partial charge in [0.25, 0.3) is 0 Å². The third-order valence-corrected chi connectivity index (χ3v) is 9.36. The third-order valence-electron chi connectivity index (χ3n) is 9.36. The lowest BCUT2D eigenvalue weighted by atomic mass is 9.45. The molecule has 0 saturated heterocycles. The maximum Gasteiger partial charge on any atom is 0.343 e. The molecule has 3 fully saturated rings. The molecular weight excluding hydrogens is 360 g/mol. The maximum absolute atomic E-state index is 12.7. The highest BCUT2D eigenvalue weighted by Gasteiger charge is 2.59. The van der Waals surface area contributed by atoms with Crippen LogP contribution < -0.4 is 0 Å². The number of hydrogen-bond donors (Lipinski definition) is 1. The molecule has 7 atom stereocenters. The lowest BCUT2D eigenvalue weighted by molar-refractivity contribution is -0.121. The fourth-order valence-corrected chi connectivity index (χ4v) is 7.65. The Hall–Kier alpha value is -1.61. The highest BCUT2D eigenvalue weighted by atomic mass is 16.5. The molecule has 4 aliphatic rings. The summed E-state index contributed by atoms with van der Waals surface area (Å²) in [6.07, 6.45) is 11.2. The fourth-order valence-electron chi connectivity index (χ4n) is 7.65. The topological polar surface area (TPSA) is 46.5 Å². The van der Waals surface area contributed by atoms with E-state index >= 15 is 0 Å². The number of esters is 1. The predicted molar refractivity (Wildman–Crippen MR) is 113 cm³/mol. The molecule has 3 saturated carbocycles. The van der Waals surface area contributed by atoms with Crippen molar-refractivity contribution in [3.05, 3.63) is 47.7 Å². The molecule has 0 amide bonds. The van der Waals surface area contributed by atoms with E-state index in [-0.39, 0.29) is 17.5 Å². The third kappa shape index (κ3) is 3.00. The Morgan fingerprint density at radius 3 is 2.62 bits per heavy atom. The van der Waals surface area contributed by atoms with Crippen molar-refractivity contribution in [2.24, 2.45) is 34.5 Å². The zero-order chi connectivity index (χ0) is 20.2. The minimum absolute atomic E-state index is 0.0109. The Balaban J connectivity index is 1.35. The van der Waals surface area contributed by atoms with Gasteiger partial charge in [-0.1, -0.05) is 32.0 Å². The Kier molecular flexibility index (Phi) is 4.66. The standard InChI is InChI=1S/C26H34O3/c1-25-14-12-19(27)16-18(25)8-9-20-21-10-11-23(26(21,2)15-13-22(20)25)29-24(28)17-6-4-3-5-7-17/h3-7,11,18-22,27H,8-10,12-16H2,1-2H3/t18?,19?,20-,21-,22-,25-,26-/m0/s1. The Morgan fingerprint density at radius 2 is 1.83 bits per heavy atom.